The molecule has 0 fully saturated rings. The first-order chi connectivity index (χ1) is 9.69. The topological polar surface area (TPSA) is 63.4 Å². The number of para-hydroxylation sites is 1. The summed E-state index contributed by atoms with van der Waals surface area (Å²) in [6.45, 7) is 6.31. The van der Waals surface area contributed by atoms with Crippen LogP contribution in [-0.4, -0.2) is 14.0 Å². The molecule has 2 aromatic rings. The van der Waals surface area contributed by atoms with E-state index in [4.69, 9.17) is 5.14 Å². The molecule has 4 nitrogen and oxygen atoms in total. The van der Waals surface area contributed by atoms with Crippen molar-refractivity contribution in [1.29, 1.82) is 0 Å². The molecular weight excluding hydrogens is 284 g/mol. The molecule has 0 unspecified atom stereocenters. The fraction of sp³-hybridized carbons (Fsp3) is 0.250. The number of primary sulfonamides is 1. The van der Waals surface area contributed by atoms with E-state index in [1.807, 2.05) is 30.3 Å². The smallest absolute Gasteiger partial charge is 0.238 e. The molecule has 0 aliphatic heterocycles. The molecule has 5 heteroatoms. The van der Waals surface area contributed by atoms with E-state index in [0.717, 1.165) is 11.4 Å². The van der Waals surface area contributed by atoms with Crippen molar-refractivity contribution in [2.45, 2.75) is 31.2 Å². The third-order valence-corrected chi connectivity index (χ3v) is 4.04. The highest BCUT2D eigenvalue weighted by Gasteiger charge is 2.23. The number of nitrogens with two attached hydrogens (primary N) is 1. The van der Waals surface area contributed by atoms with Crippen molar-refractivity contribution < 1.29 is 8.42 Å². The summed E-state index contributed by atoms with van der Waals surface area (Å²) in [5.41, 5.74) is 1.82. The number of nitrogens with zero attached hydrogens (tertiary/aromatic N) is 1. The third kappa shape index (κ3) is 3.62. The van der Waals surface area contributed by atoms with E-state index in [1.54, 1.807) is 12.1 Å². The molecule has 0 spiro atoms. The summed E-state index contributed by atoms with van der Waals surface area (Å²) in [4.78, 5) is 2.27. The second kappa shape index (κ2) is 5.50. The van der Waals surface area contributed by atoms with Crippen molar-refractivity contribution in [2.75, 3.05) is 4.90 Å². The molecule has 0 aliphatic carbocycles. The van der Waals surface area contributed by atoms with Crippen molar-refractivity contribution in [3.63, 3.8) is 0 Å². The highest BCUT2D eigenvalue weighted by Crippen LogP contribution is 2.33. The Balaban J connectivity index is 2.49. The van der Waals surface area contributed by atoms with Gasteiger partial charge in [0.2, 0.25) is 10.0 Å². The number of anilines is 2. The molecule has 0 saturated carbocycles. The lowest BCUT2D eigenvalue weighted by atomic mass is 10.0. The molecule has 0 atom stereocenters. The summed E-state index contributed by atoms with van der Waals surface area (Å²) in [5, 5.41) is 5.14. The quantitative estimate of drug-likeness (QED) is 0.946. The standard InChI is InChI=1S/C16H20N2O2S/c1-16(2,3)18(13-7-5-4-6-8-13)14-9-11-15(12-10-14)21(17,19)20/h4-12H,1-3H3,(H2,17,19,20). The number of hydrogen-bond donors (Lipinski definition) is 1. The average Bonchev–Trinajstić information content (AvgIpc) is 2.38. The Morgan fingerprint density at radius 2 is 1.33 bits per heavy atom. The molecule has 0 amide bonds. The first-order valence-electron chi connectivity index (χ1n) is 6.68. The van der Waals surface area contributed by atoms with E-state index in [1.165, 1.54) is 12.1 Å². The number of rotatable bonds is 3. The molecule has 2 aromatic carbocycles. The normalized spacial score (nSPS) is 12.2. The maximum Gasteiger partial charge on any atom is 0.238 e. The minimum atomic E-state index is -3.66. The SMILES string of the molecule is CC(C)(C)N(c1ccccc1)c1ccc(S(N)(=O)=O)cc1. The lowest BCUT2D eigenvalue weighted by molar-refractivity contribution is 0.560. The minimum Gasteiger partial charge on any atom is -0.336 e. The van der Waals surface area contributed by atoms with Crippen LogP contribution in [0, 0.1) is 0 Å². The Morgan fingerprint density at radius 3 is 1.76 bits per heavy atom. The van der Waals surface area contributed by atoms with Crippen LogP contribution in [0.4, 0.5) is 11.4 Å². The largest absolute Gasteiger partial charge is 0.336 e. The van der Waals surface area contributed by atoms with Crippen LogP contribution in [-0.2, 0) is 10.0 Å². The summed E-state index contributed by atoms with van der Waals surface area (Å²) in [6.07, 6.45) is 0. The van der Waals surface area contributed by atoms with Crippen LogP contribution in [0.5, 0.6) is 0 Å². The zero-order chi connectivity index (χ0) is 15.7. The van der Waals surface area contributed by atoms with Gasteiger partial charge < -0.3 is 4.90 Å². The van der Waals surface area contributed by atoms with Gasteiger partial charge in [0, 0.05) is 16.9 Å². The van der Waals surface area contributed by atoms with E-state index in [-0.39, 0.29) is 10.4 Å². The molecule has 21 heavy (non-hydrogen) atoms. The molecule has 0 heterocycles. The van der Waals surface area contributed by atoms with Crippen LogP contribution in [0.1, 0.15) is 20.8 Å². The van der Waals surface area contributed by atoms with E-state index in [9.17, 15) is 8.42 Å². The van der Waals surface area contributed by atoms with Gasteiger partial charge in [0.05, 0.1) is 4.90 Å². The molecular formula is C16H20N2O2S. The molecule has 0 aliphatic rings. The molecule has 0 bridgehead atoms. The monoisotopic (exact) mass is 304 g/mol. The van der Waals surface area contributed by atoms with Crippen LogP contribution in [0.25, 0.3) is 0 Å². The summed E-state index contributed by atoms with van der Waals surface area (Å²) < 4.78 is 22.7. The van der Waals surface area contributed by atoms with Gasteiger partial charge in [-0.15, -0.1) is 0 Å². The van der Waals surface area contributed by atoms with Crippen LogP contribution in [0.2, 0.25) is 0 Å². The first-order valence-corrected chi connectivity index (χ1v) is 8.22. The second-order valence-electron chi connectivity index (χ2n) is 5.88. The first kappa shape index (κ1) is 15.5. The van der Waals surface area contributed by atoms with Gasteiger partial charge in [-0.3, -0.25) is 0 Å². The lowest BCUT2D eigenvalue weighted by Gasteiger charge is -2.38. The average molecular weight is 304 g/mol. The highest BCUT2D eigenvalue weighted by molar-refractivity contribution is 7.89. The van der Waals surface area contributed by atoms with Gasteiger partial charge in [-0.25, -0.2) is 13.6 Å². The van der Waals surface area contributed by atoms with Crippen molar-refractivity contribution in [3.8, 4) is 0 Å². The molecule has 112 valence electrons. The van der Waals surface area contributed by atoms with Crippen molar-refractivity contribution >= 4 is 21.4 Å². The predicted molar refractivity (Wildman–Crippen MR) is 86.1 cm³/mol. The molecule has 2 rings (SSSR count). The van der Waals surface area contributed by atoms with Gasteiger partial charge in [-0.1, -0.05) is 18.2 Å². The van der Waals surface area contributed by atoms with Gasteiger partial charge in [0.25, 0.3) is 0 Å². The van der Waals surface area contributed by atoms with Gasteiger partial charge in [-0.05, 0) is 57.2 Å². The van der Waals surface area contributed by atoms with Gasteiger partial charge in [0.15, 0.2) is 0 Å². The van der Waals surface area contributed by atoms with Gasteiger partial charge >= 0.3 is 0 Å². The Labute approximate surface area is 126 Å². The fourth-order valence-corrected chi connectivity index (χ4v) is 2.80. The molecule has 0 radical (unpaired) electrons. The summed E-state index contributed by atoms with van der Waals surface area (Å²) in [7, 11) is -3.66. The Morgan fingerprint density at radius 1 is 0.857 bits per heavy atom. The van der Waals surface area contributed by atoms with Crippen LogP contribution in [0.15, 0.2) is 59.5 Å². The van der Waals surface area contributed by atoms with E-state index < -0.39 is 10.0 Å². The van der Waals surface area contributed by atoms with Crippen molar-refractivity contribution in [1.82, 2.24) is 0 Å². The Kier molecular flexibility index (Phi) is 4.07. The summed E-state index contributed by atoms with van der Waals surface area (Å²) in [5.74, 6) is 0. The second-order valence-corrected chi connectivity index (χ2v) is 7.44. The zero-order valence-corrected chi connectivity index (χ0v) is 13.3. The van der Waals surface area contributed by atoms with Crippen LogP contribution in [0.3, 0.4) is 0 Å². The third-order valence-electron chi connectivity index (χ3n) is 3.11. The lowest BCUT2D eigenvalue weighted by Crippen LogP contribution is -2.37. The number of hydrogen-bond acceptors (Lipinski definition) is 3. The summed E-state index contributed by atoms with van der Waals surface area (Å²) >= 11 is 0. The van der Waals surface area contributed by atoms with E-state index >= 15 is 0 Å². The minimum absolute atomic E-state index is 0.119. The van der Waals surface area contributed by atoms with Crippen molar-refractivity contribution in [2.24, 2.45) is 5.14 Å². The highest BCUT2D eigenvalue weighted by atomic mass is 32.2. The predicted octanol–water partition coefficient (Wildman–Crippen LogP) is 3.27. The maximum absolute atomic E-state index is 11.3. The van der Waals surface area contributed by atoms with Gasteiger partial charge in [-0.2, -0.15) is 0 Å². The van der Waals surface area contributed by atoms with Crippen LogP contribution < -0.4 is 10.0 Å². The molecule has 0 saturated heterocycles. The van der Waals surface area contributed by atoms with E-state index in [2.05, 4.69) is 25.7 Å². The van der Waals surface area contributed by atoms with Crippen molar-refractivity contribution in [3.05, 3.63) is 54.6 Å². The molecule has 2 N–H and O–H groups in total. The maximum atomic E-state index is 11.3. The number of sulfonamides is 1. The Hall–Kier alpha value is -1.85. The van der Waals surface area contributed by atoms with E-state index in [0.29, 0.717) is 0 Å². The summed E-state index contributed by atoms with van der Waals surface area (Å²) in [6, 6.07) is 16.6. The zero-order valence-electron chi connectivity index (χ0n) is 12.4. The fourth-order valence-electron chi connectivity index (χ4n) is 2.29. The van der Waals surface area contributed by atoms with Gasteiger partial charge in [0.1, 0.15) is 0 Å². The number of benzene rings is 2. The Bertz CT molecular complexity index is 702. The molecule has 0 aromatic heterocycles. The van der Waals surface area contributed by atoms with Crippen LogP contribution >= 0.6 is 0 Å².